The molecule has 3 aromatic rings. The molecule has 3 rings (SSSR count). The summed E-state index contributed by atoms with van der Waals surface area (Å²) in [5, 5.41) is 17.0. The van der Waals surface area contributed by atoms with Crippen molar-refractivity contribution in [2.45, 2.75) is 6.04 Å². The van der Waals surface area contributed by atoms with Crippen LogP contribution in [0, 0.1) is 0 Å². The second-order valence-corrected chi connectivity index (χ2v) is 7.05. The van der Waals surface area contributed by atoms with Crippen LogP contribution in [0.5, 0.6) is 5.75 Å². The van der Waals surface area contributed by atoms with E-state index in [1.165, 1.54) is 9.78 Å². The summed E-state index contributed by atoms with van der Waals surface area (Å²) in [5.74, 6) is -0.239. The number of hydrogen-bond donors (Lipinski definition) is 3. The number of rotatable bonds is 5. The van der Waals surface area contributed by atoms with Gasteiger partial charge in [-0.3, -0.25) is 4.79 Å². The van der Waals surface area contributed by atoms with E-state index in [1.54, 1.807) is 23.5 Å². The number of thiophene rings is 1. The number of carbonyl (C=O) groups is 1. The number of nitrogens with one attached hydrogen (secondary N) is 2. The van der Waals surface area contributed by atoms with Crippen LogP contribution in [0.4, 0.5) is 0 Å². The van der Waals surface area contributed by atoms with E-state index in [0.29, 0.717) is 12.1 Å². The van der Waals surface area contributed by atoms with Crippen LogP contribution < -0.4 is 10.2 Å². The number of likely N-dealkylation sites (N-methyl/N-ethyl adjacent to an activating group) is 1. The van der Waals surface area contributed by atoms with E-state index in [0.717, 1.165) is 10.8 Å². The quantitative estimate of drug-likeness (QED) is 0.666. The first kappa shape index (κ1) is 16.5. The average molecular weight is 341 g/mol. The van der Waals surface area contributed by atoms with Gasteiger partial charge in [0.15, 0.2) is 0 Å². The summed E-state index contributed by atoms with van der Waals surface area (Å²) in [7, 11) is 4.15. The molecule has 0 fully saturated rings. The van der Waals surface area contributed by atoms with Gasteiger partial charge in [0.05, 0.1) is 31.1 Å². The first-order chi connectivity index (χ1) is 11.6. The summed E-state index contributed by atoms with van der Waals surface area (Å²) in [6.07, 6.45) is 0. The largest absolute Gasteiger partial charge is 0.507 e. The van der Waals surface area contributed by atoms with Gasteiger partial charge in [0.2, 0.25) is 0 Å². The minimum atomic E-state index is -0.249. The zero-order chi connectivity index (χ0) is 17.1. The third-order valence-corrected chi connectivity index (χ3v) is 5.14. The minimum Gasteiger partial charge on any atom is -0.507 e. The molecule has 0 radical (unpaired) electrons. The summed E-state index contributed by atoms with van der Waals surface area (Å²) in [6.45, 7) is 0.522. The molecule has 0 aliphatic heterocycles. The number of aromatic hydroxyl groups is 1. The van der Waals surface area contributed by atoms with Crippen LogP contribution in [0.2, 0.25) is 0 Å². The third-order valence-electron chi connectivity index (χ3n) is 4.16. The van der Waals surface area contributed by atoms with E-state index in [1.807, 2.05) is 35.7 Å². The Bertz CT molecular complexity index is 844. The maximum absolute atomic E-state index is 12.5. The summed E-state index contributed by atoms with van der Waals surface area (Å²) < 4.78 is 0. The first-order valence-corrected chi connectivity index (χ1v) is 8.77. The highest BCUT2D eigenvalue weighted by atomic mass is 32.1. The number of carbonyl (C=O) groups excluding carboxylic acids is 1. The fourth-order valence-corrected chi connectivity index (χ4v) is 3.73. The molecule has 124 valence electrons. The Labute approximate surface area is 145 Å². The van der Waals surface area contributed by atoms with Crippen LogP contribution in [-0.2, 0) is 0 Å². The number of phenols is 1. The van der Waals surface area contributed by atoms with Crippen LogP contribution in [0.3, 0.4) is 0 Å². The maximum Gasteiger partial charge on any atom is 0.255 e. The molecule has 5 heteroatoms. The van der Waals surface area contributed by atoms with Crippen molar-refractivity contribution in [1.29, 1.82) is 0 Å². The van der Waals surface area contributed by atoms with Gasteiger partial charge in [-0.1, -0.05) is 30.3 Å². The molecule has 1 heterocycles. The van der Waals surface area contributed by atoms with Crippen molar-refractivity contribution in [2.75, 3.05) is 20.6 Å². The predicted octanol–water partition coefficient (Wildman–Crippen LogP) is 2.22. The molecule has 1 amide bonds. The van der Waals surface area contributed by atoms with Gasteiger partial charge in [-0.05, 0) is 34.4 Å². The van der Waals surface area contributed by atoms with Crippen LogP contribution in [0.1, 0.15) is 21.3 Å². The number of phenolic OH excluding ortho intramolecular Hbond substituents is 1. The lowest BCUT2D eigenvalue weighted by molar-refractivity contribution is -0.890. The van der Waals surface area contributed by atoms with Gasteiger partial charge in [-0.25, -0.2) is 0 Å². The lowest BCUT2D eigenvalue weighted by Gasteiger charge is -2.20. The Morgan fingerprint density at radius 2 is 1.88 bits per heavy atom. The van der Waals surface area contributed by atoms with Gasteiger partial charge in [0, 0.05) is 0 Å². The van der Waals surface area contributed by atoms with E-state index in [-0.39, 0.29) is 17.7 Å². The molecule has 0 aliphatic rings. The molecule has 0 saturated heterocycles. The number of fused-ring (bicyclic) bond motifs is 1. The van der Waals surface area contributed by atoms with Gasteiger partial charge in [0.25, 0.3) is 5.91 Å². The van der Waals surface area contributed by atoms with Gasteiger partial charge >= 0.3 is 0 Å². The van der Waals surface area contributed by atoms with E-state index < -0.39 is 0 Å². The minimum absolute atomic E-state index is 0.0103. The van der Waals surface area contributed by atoms with E-state index >= 15 is 0 Å². The molecule has 0 saturated carbocycles. The third kappa shape index (κ3) is 3.42. The Morgan fingerprint density at radius 1 is 1.17 bits per heavy atom. The van der Waals surface area contributed by atoms with Crippen LogP contribution in [0.15, 0.2) is 53.9 Å². The normalized spacial score (nSPS) is 12.5. The SMILES string of the molecule is C[NH+](C)[C@@H](CNC(=O)c1cc2ccccc2cc1O)c1cccs1. The van der Waals surface area contributed by atoms with Gasteiger partial charge in [-0.2, -0.15) is 0 Å². The second-order valence-electron chi connectivity index (χ2n) is 6.07. The molecule has 0 bridgehead atoms. The monoisotopic (exact) mass is 341 g/mol. The molecule has 0 unspecified atom stereocenters. The summed E-state index contributed by atoms with van der Waals surface area (Å²) >= 11 is 1.69. The molecule has 1 atom stereocenters. The molecule has 4 nitrogen and oxygen atoms in total. The van der Waals surface area contributed by atoms with Crippen LogP contribution >= 0.6 is 11.3 Å². The van der Waals surface area contributed by atoms with E-state index in [9.17, 15) is 9.90 Å². The van der Waals surface area contributed by atoms with Crippen molar-refractivity contribution in [3.05, 3.63) is 64.4 Å². The number of hydrogen-bond acceptors (Lipinski definition) is 3. The van der Waals surface area contributed by atoms with E-state index in [4.69, 9.17) is 0 Å². The molecule has 0 aliphatic carbocycles. The standard InChI is InChI=1S/C19H20N2O2S/c1-21(2)16(18-8-5-9-24-18)12-20-19(23)15-10-13-6-3-4-7-14(13)11-17(15)22/h3-11,16,22H,12H2,1-2H3,(H,20,23)/p+1/t16-/m0/s1. The molecule has 2 aromatic carbocycles. The first-order valence-electron chi connectivity index (χ1n) is 7.89. The topological polar surface area (TPSA) is 53.8 Å². The second kappa shape index (κ2) is 7.03. The van der Waals surface area contributed by atoms with Crippen molar-refractivity contribution in [2.24, 2.45) is 0 Å². The Balaban J connectivity index is 1.78. The Hall–Kier alpha value is -2.37. The highest BCUT2D eigenvalue weighted by Crippen LogP contribution is 2.25. The molecule has 3 N–H and O–H groups in total. The van der Waals surface area contributed by atoms with Crippen molar-refractivity contribution in [3.8, 4) is 5.75 Å². The van der Waals surface area contributed by atoms with Crippen molar-refractivity contribution >= 4 is 28.0 Å². The average Bonchev–Trinajstić information content (AvgIpc) is 3.08. The van der Waals surface area contributed by atoms with Gasteiger partial charge in [-0.15, -0.1) is 11.3 Å². The molecular weight excluding hydrogens is 320 g/mol. The summed E-state index contributed by atoms with van der Waals surface area (Å²) in [5.41, 5.74) is 0.312. The lowest BCUT2D eigenvalue weighted by Crippen LogP contribution is -3.06. The van der Waals surface area contributed by atoms with Crippen molar-refractivity contribution in [3.63, 3.8) is 0 Å². The number of benzene rings is 2. The maximum atomic E-state index is 12.5. The molecular formula is C19H21N2O2S+. The van der Waals surface area contributed by atoms with Crippen LogP contribution in [-0.4, -0.2) is 31.7 Å². The smallest absolute Gasteiger partial charge is 0.255 e. The molecule has 24 heavy (non-hydrogen) atoms. The Morgan fingerprint density at radius 3 is 2.50 bits per heavy atom. The van der Waals surface area contributed by atoms with Gasteiger partial charge < -0.3 is 15.3 Å². The summed E-state index contributed by atoms with van der Waals surface area (Å²) in [4.78, 5) is 15.0. The molecule has 1 aromatic heterocycles. The fraction of sp³-hybridized carbons (Fsp3) is 0.211. The lowest BCUT2D eigenvalue weighted by atomic mass is 10.1. The van der Waals surface area contributed by atoms with Crippen molar-refractivity contribution < 1.29 is 14.8 Å². The van der Waals surface area contributed by atoms with Crippen molar-refractivity contribution in [1.82, 2.24) is 5.32 Å². The van der Waals surface area contributed by atoms with Gasteiger partial charge in [0.1, 0.15) is 11.8 Å². The highest BCUT2D eigenvalue weighted by molar-refractivity contribution is 7.10. The molecule has 0 spiro atoms. The zero-order valence-electron chi connectivity index (χ0n) is 13.7. The number of amides is 1. The fourth-order valence-electron chi connectivity index (χ4n) is 2.78. The zero-order valence-corrected chi connectivity index (χ0v) is 14.6. The number of quaternary nitrogens is 1. The summed E-state index contributed by atoms with van der Waals surface area (Å²) in [6, 6.07) is 15.4. The van der Waals surface area contributed by atoms with E-state index in [2.05, 4.69) is 25.5 Å². The van der Waals surface area contributed by atoms with Crippen LogP contribution in [0.25, 0.3) is 10.8 Å². The highest BCUT2D eigenvalue weighted by Gasteiger charge is 2.21. The predicted molar refractivity (Wildman–Crippen MR) is 97.8 cm³/mol. The Kier molecular flexibility index (Phi) is 4.83.